The number of ether oxygens (including phenoxy) is 1. The molecule has 0 amide bonds. The summed E-state index contributed by atoms with van der Waals surface area (Å²) in [6.45, 7) is -0.682. The lowest BCUT2D eigenvalue weighted by molar-refractivity contribution is -0.139. The van der Waals surface area contributed by atoms with Crippen LogP contribution in [0.1, 0.15) is 10.4 Å². The van der Waals surface area contributed by atoms with Crippen molar-refractivity contribution in [3.8, 4) is 5.75 Å². The van der Waals surface area contributed by atoms with Gasteiger partial charge in [0.05, 0.1) is 6.20 Å². The van der Waals surface area contributed by atoms with Gasteiger partial charge in [-0.25, -0.2) is 19.6 Å². The molecule has 0 bridgehead atoms. The predicted molar refractivity (Wildman–Crippen MR) is 98.5 cm³/mol. The molecular weight excluding hydrogens is 370 g/mol. The Labute approximate surface area is 157 Å². The average Bonchev–Trinajstić information content (AvgIpc) is 2.65. The van der Waals surface area contributed by atoms with Crippen molar-refractivity contribution in [3.63, 3.8) is 0 Å². The maximum Gasteiger partial charge on any atom is 0.341 e. The van der Waals surface area contributed by atoms with Crippen LogP contribution in [0.15, 0.2) is 24.4 Å². The lowest BCUT2D eigenvalue weighted by Gasteiger charge is -2.20. The molecule has 28 heavy (non-hydrogen) atoms. The highest BCUT2D eigenvalue weighted by molar-refractivity contribution is 5.92. The van der Waals surface area contributed by atoms with Crippen molar-refractivity contribution in [3.05, 3.63) is 30.0 Å². The summed E-state index contributed by atoms with van der Waals surface area (Å²) in [5.41, 5.74) is 12.1. The second-order valence-corrected chi connectivity index (χ2v) is 5.59. The number of nitrogens with zero attached hydrogens (tertiary/aromatic N) is 5. The molecule has 2 heterocycles. The summed E-state index contributed by atoms with van der Waals surface area (Å²) in [7, 11) is 1.65. The fourth-order valence-corrected chi connectivity index (χ4v) is 2.39. The standard InChI is InChI=1S/C16H15N7O5/c1-23(10-5-19-14-12(20-10)13(17)21-16(18)22-14)7-2-3-8(15(26)27)9(4-7)28-6-11(24)25/h2-5H,6H2,1H3,(H,24,25)(H,26,27)(H4,17,18,19,21,22). The van der Waals surface area contributed by atoms with E-state index in [0.29, 0.717) is 11.5 Å². The monoisotopic (exact) mass is 385 g/mol. The van der Waals surface area contributed by atoms with Crippen molar-refractivity contribution < 1.29 is 24.5 Å². The smallest absolute Gasteiger partial charge is 0.341 e. The molecule has 0 aliphatic rings. The van der Waals surface area contributed by atoms with Gasteiger partial charge in [0.25, 0.3) is 0 Å². The van der Waals surface area contributed by atoms with E-state index in [9.17, 15) is 14.7 Å². The summed E-state index contributed by atoms with van der Waals surface area (Å²) >= 11 is 0. The second kappa shape index (κ2) is 7.19. The Morgan fingerprint density at radius 2 is 1.93 bits per heavy atom. The molecule has 0 spiro atoms. The maximum absolute atomic E-state index is 11.3. The molecule has 12 nitrogen and oxygen atoms in total. The topological polar surface area (TPSA) is 191 Å². The van der Waals surface area contributed by atoms with Crippen LogP contribution >= 0.6 is 0 Å². The molecule has 0 aliphatic carbocycles. The van der Waals surface area contributed by atoms with E-state index in [-0.39, 0.29) is 34.2 Å². The number of hydrogen-bond donors (Lipinski definition) is 4. The molecule has 0 saturated heterocycles. The molecule has 2 aromatic heterocycles. The van der Waals surface area contributed by atoms with E-state index < -0.39 is 18.5 Å². The maximum atomic E-state index is 11.3. The van der Waals surface area contributed by atoms with Gasteiger partial charge in [-0.2, -0.15) is 9.97 Å². The molecule has 3 rings (SSSR count). The van der Waals surface area contributed by atoms with E-state index in [2.05, 4.69) is 19.9 Å². The number of anilines is 4. The number of benzene rings is 1. The number of aromatic carboxylic acids is 1. The number of rotatable bonds is 6. The van der Waals surface area contributed by atoms with Crippen molar-refractivity contribution >= 4 is 46.4 Å². The van der Waals surface area contributed by atoms with Gasteiger partial charge in [-0.1, -0.05) is 0 Å². The highest BCUT2D eigenvalue weighted by Crippen LogP contribution is 2.29. The molecule has 12 heteroatoms. The van der Waals surface area contributed by atoms with Gasteiger partial charge in [0.2, 0.25) is 5.95 Å². The number of hydrogen-bond acceptors (Lipinski definition) is 10. The van der Waals surface area contributed by atoms with Gasteiger partial charge in [-0.15, -0.1) is 0 Å². The molecule has 144 valence electrons. The van der Waals surface area contributed by atoms with Crippen molar-refractivity contribution in [2.45, 2.75) is 0 Å². The Balaban J connectivity index is 2.00. The molecular formula is C16H15N7O5. The molecule has 1 aromatic carbocycles. The fraction of sp³-hybridized carbons (Fsp3) is 0.125. The minimum absolute atomic E-state index is 0.0233. The number of nitrogen functional groups attached to an aromatic ring is 2. The first-order chi connectivity index (χ1) is 13.3. The number of carboxylic acids is 2. The molecule has 6 N–H and O–H groups in total. The number of aliphatic carboxylic acids is 1. The molecule has 0 radical (unpaired) electrons. The summed E-state index contributed by atoms with van der Waals surface area (Å²) in [5.74, 6) is -2.17. The number of carbonyl (C=O) groups is 2. The van der Waals surface area contributed by atoms with E-state index in [1.807, 2.05) is 0 Å². The Kier molecular flexibility index (Phi) is 4.76. The minimum Gasteiger partial charge on any atom is -0.481 e. The van der Waals surface area contributed by atoms with E-state index in [1.165, 1.54) is 24.4 Å². The molecule has 0 saturated carbocycles. The zero-order chi connectivity index (χ0) is 20.4. The van der Waals surface area contributed by atoms with Crippen LogP contribution in [0.2, 0.25) is 0 Å². The Hall–Kier alpha value is -4.22. The first-order valence-corrected chi connectivity index (χ1v) is 7.77. The van der Waals surface area contributed by atoms with Crippen molar-refractivity contribution in [2.24, 2.45) is 0 Å². The van der Waals surface area contributed by atoms with Crippen LogP contribution in [0.25, 0.3) is 11.2 Å². The van der Waals surface area contributed by atoms with Crippen LogP contribution in [0.3, 0.4) is 0 Å². The molecule has 0 aliphatic heterocycles. The van der Waals surface area contributed by atoms with Crippen molar-refractivity contribution in [1.29, 1.82) is 0 Å². The second-order valence-electron chi connectivity index (χ2n) is 5.59. The van der Waals surface area contributed by atoms with E-state index in [4.69, 9.17) is 21.3 Å². The third-order valence-corrected chi connectivity index (χ3v) is 3.72. The van der Waals surface area contributed by atoms with Crippen LogP contribution in [-0.2, 0) is 4.79 Å². The zero-order valence-electron chi connectivity index (χ0n) is 14.5. The summed E-state index contributed by atoms with van der Waals surface area (Å²) in [5, 5.41) is 18.0. The van der Waals surface area contributed by atoms with Crippen LogP contribution in [0, 0.1) is 0 Å². The summed E-state index contributed by atoms with van der Waals surface area (Å²) in [6, 6.07) is 4.21. The number of nitrogens with two attached hydrogens (primary N) is 2. The van der Waals surface area contributed by atoms with Gasteiger partial charge in [0.15, 0.2) is 29.4 Å². The van der Waals surface area contributed by atoms with E-state index in [0.717, 1.165) is 0 Å². The SMILES string of the molecule is CN(c1ccc(C(=O)O)c(OCC(=O)O)c1)c1cnc2nc(N)nc(N)c2n1. The third-order valence-electron chi connectivity index (χ3n) is 3.72. The normalized spacial score (nSPS) is 10.6. The van der Waals surface area contributed by atoms with Gasteiger partial charge in [0.1, 0.15) is 11.3 Å². The molecule has 0 fully saturated rings. The highest BCUT2D eigenvalue weighted by atomic mass is 16.5. The summed E-state index contributed by atoms with van der Waals surface area (Å²) in [6.07, 6.45) is 1.43. The van der Waals surface area contributed by atoms with Gasteiger partial charge in [0, 0.05) is 18.8 Å². The van der Waals surface area contributed by atoms with Crippen LogP contribution < -0.4 is 21.1 Å². The van der Waals surface area contributed by atoms with Gasteiger partial charge in [-0.3, -0.25) is 0 Å². The quantitative estimate of drug-likeness (QED) is 0.460. The third kappa shape index (κ3) is 3.65. The molecule has 0 atom stereocenters. The van der Waals surface area contributed by atoms with E-state index >= 15 is 0 Å². The summed E-state index contributed by atoms with van der Waals surface area (Å²) in [4.78, 5) is 40.0. The fourth-order valence-electron chi connectivity index (χ4n) is 2.39. The average molecular weight is 385 g/mol. The van der Waals surface area contributed by atoms with Gasteiger partial charge >= 0.3 is 11.9 Å². The predicted octanol–water partition coefficient (Wildman–Crippen LogP) is 0.514. The Bertz CT molecular complexity index is 1090. The van der Waals surface area contributed by atoms with Crippen molar-refractivity contribution in [1.82, 2.24) is 19.9 Å². The number of fused-ring (bicyclic) bond motifs is 1. The number of carboxylic acid groups (broad SMARTS) is 2. The minimum atomic E-state index is -1.25. The van der Waals surface area contributed by atoms with Crippen LogP contribution in [-0.4, -0.2) is 55.7 Å². The van der Waals surface area contributed by atoms with Crippen LogP contribution in [0.5, 0.6) is 5.75 Å². The zero-order valence-corrected chi connectivity index (χ0v) is 14.5. The number of aromatic nitrogens is 4. The highest BCUT2D eigenvalue weighted by Gasteiger charge is 2.17. The van der Waals surface area contributed by atoms with Gasteiger partial charge in [-0.05, 0) is 12.1 Å². The van der Waals surface area contributed by atoms with Crippen LogP contribution in [0.4, 0.5) is 23.3 Å². The first kappa shape index (κ1) is 18.6. The van der Waals surface area contributed by atoms with E-state index in [1.54, 1.807) is 11.9 Å². The van der Waals surface area contributed by atoms with Crippen molar-refractivity contribution in [2.75, 3.05) is 30.0 Å². The molecule has 3 aromatic rings. The Morgan fingerprint density at radius 1 is 1.18 bits per heavy atom. The largest absolute Gasteiger partial charge is 0.481 e. The summed E-state index contributed by atoms with van der Waals surface area (Å²) < 4.78 is 5.09. The molecule has 0 unspecified atom stereocenters. The first-order valence-electron chi connectivity index (χ1n) is 7.77. The van der Waals surface area contributed by atoms with Gasteiger partial charge < -0.3 is 31.3 Å². The Morgan fingerprint density at radius 3 is 2.61 bits per heavy atom. The lowest BCUT2D eigenvalue weighted by Crippen LogP contribution is -2.15. The lowest BCUT2D eigenvalue weighted by atomic mass is 10.1.